The lowest BCUT2D eigenvalue weighted by Gasteiger charge is -2.04. The molecule has 1 N–H and O–H groups in total. The zero-order valence-electron chi connectivity index (χ0n) is 12.3. The summed E-state index contributed by atoms with van der Waals surface area (Å²) in [7, 11) is 0. The molecular weight excluding hydrogens is 278 g/mol. The van der Waals surface area contributed by atoms with Gasteiger partial charge in [0, 0.05) is 5.56 Å². The van der Waals surface area contributed by atoms with Gasteiger partial charge in [0.05, 0.1) is 5.52 Å². The fourth-order valence-corrected chi connectivity index (χ4v) is 2.40. The molecule has 0 aliphatic rings. The number of H-pyrrole nitrogens is 1. The number of aryl methyl sites for hydroxylation is 1. The van der Waals surface area contributed by atoms with Gasteiger partial charge in [0.2, 0.25) is 0 Å². The highest BCUT2D eigenvalue weighted by Gasteiger charge is 2.08. The van der Waals surface area contributed by atoms with Gasteiger partial charge in [-0.15, -0.1) is 0 Å². The lowest BCUT2D eigenvalue weighted by atomic mass is 10.0. The van der Waals surface area contributed by atoms with E-state index in [0.29, 0.717) is 16.7 Å². The third-order valence-corrected chi connectivity index (χ3v) is 3.63. The standard InChI is InChI=1S/C18H15NO3/c1-11-5-3-4-6-14(11)16(20)9-12(2)13-7-8-15-17(10-13)22-18(21)19-15/h3-10H,1-2H3,(H,19,21)/b12-9+. The molecule has 0 radical (unpaired) electrons. The van der Waals surface area contributed by atoms with Crippen molar-refractivity contribution < 1.29 is 9.21 Å². The molecule has 0 fully saturated rings. The van der Waals surface area contributed by atoms with Crippen LogP contribution in [-0.4, -0.2) is 10.8 Å². The minimum atomic E-state index is -0.482. The predicted molar refractivity (Wildman–Crippen MR) is 86.0 cm³/mol. The Kier molecular flexibility index (Phi) is 3.51. The third-order valence-electron chi connectivity index (χ3n) is 3.63. The molecule has 4 heteroatoms. The number of aromatic amines is 1. The van der Waals surface area contributed by atoms with E-state index >= 15 is 0 Å². The fourth-order valence-electron chi connectivity index (χ4n) is 2.40. The number of carbonyl (C=O) groups excluding carboxylic acids is 1. The number of hydrogen-bond donors (Lipinski definition) is 1. The molecule has 0 aliphatic heterocycles. The SMILES string of the molecule is C/C(=C\C(=O)c1ccccc1C)c1ccc2[nH]c(=O)oc2c1. The number of allylic oxidation sites excluding steroid dienone is 2. The van der Waals surface area contributed by atoms with Gasteiger partial charge in [0.25, 0.3) is 0 Å². The van der Waals surface area contributed by atoms with E-state index in [4.69, 9.17) is 4.42 Å². The van der Waals surface area contributed by atoms with E-state index in [2.05, 4.69) is 4.98 Å². The van der Waals surface area contributed by atoms with Crippen molar-refractivity contribution in [1.82, 2.24) is 4.98 Å². The van der Waals surface area contributed by atoms with Crippen LogP contribution in [0.5, 0.6) is 0 Å². The van der Waals surface area contributed by atoms with Gasteiger partial charge in [0.1, 0.15) is 0 Å². The van der Waals surface area contributed by atoms with Gasteiger partial charge in [0.15, 0.2) is 11.4 Å². The first-order chi connectivity index (χ1) is 10.5. The van der Waals surface area contributed by atoms with E-state index in [-0.39, 0.29) is 5.78 Å². The summed E-state index contributed by atoms with van der Waals surface area (Å²) < 4.78 is 5.04. The largest absolute Gasteiger partial charge is 0.417 e. The van der Waals surface area contributed by atoms with Gasteiger partial charge in [-0.1, -0.05) is 30.3 Å². The first-order valence-electron chi connectivity index (χ1n) is 6.96. The molecule has 3 aromatic rings. The average molecular weight is 293 g/mol. The second kappa shape index (κ2) is 5.48. The van der Waals surface area contributed by atoms with Gasteiger partial charge in [-0.05, 0) is 48.8 Å². The molecule has 0 amide bonds. The predicted octanol–water partition coefficient (Wildman–Crippen LogP) is 3.72. The summed E-state index contributed by atoms with van der Waals surface area (Å²) in [5.41, 5.74) is 4.43. The van der Waals surface area contributed by atoms with Crippen molar-refractivity contribution in [2.45, 2.75) is 13.8 Å². The Labute approximate surface area is 127 Å². The minimum Gasteiger partial charge on any atom is -0.408 e. The normalized spacial score (nSPS) is 11.8. The van der Waals surface area contributed by atoms with Crippen molar-refractivity contribution >= 4 is 22.5 Å². The molecule has 0 atom stereocenters. The maximum atomic E-state index is 12.4. The number of hydrogen-bond acceptors (Lipinski definition) is 3. The van der Waals surface area contributed by atoms with Gasteiger partial charge < -0.3 is 4.42 Å². The number of oxazole rings is 1. The average Bonchev–Trinajstić information content (AvgIpc) is 2.86. The molecular formula is C18H15NO3. The topological polar surface area (TPSA) is 63.1 Å². The number of aromatic nitrogens is 1. The van der Waals surface area contributed by atoms with Crippen molar-refractivity contribution in [3.63, 3.8) is 0 Å². The van der Waals surface area contributed by atoms with Crippen LogP contribution in [0.15, 0.2) is 57.8 Å². The zero-order chi connectivity index (χ0) is 15.7. The van der Waals surface area contributed by atoms with Crippen LogP contribution in [0.25, 0.3) is 16.7 Å². The number of rotatable bonds is 3. The maximum absolute atomic E-state index is 12.4. The summed E-state index contributed by atoms with van der Waals surface area (Å²) in [6.07, 6.45) is 1.61. The van der Waals surface area contributed by atoms with Crippen molar-refractivity contribution in [1.29, 1.82) is 0 Å². The summed E-state index contributed by atoms with van der Waals surface area (Å²) in [6.45, 7) is 3.78. The fraction of sp³-hybridized carbons (Fsp3) is 0.111. The number of fused-ring (bicyclic) bond motifs is 1. The Morgan fingerprint density at radius 1 is 1.18 bits per heavy atom. The Hall–Kier alpha value is -2.88. The van der Waals surface area contributed by atoms with E-state index in [0.717, 1.165) is 16.7 Å². The van der Waals surface area contributed by atoms with Crippen LogP contribution in [-0.2, 0) is 0 Å². The van der Waals surface area contributed by atoms with Crippen LogP contribution in [0.3, 0.4) is 0 Å². The second-order valence-electron chi connectivity index (χ2n) is 5.23. The zero-order valence-corrected chi connectivity index (χ0v) is 12.3. The number of benzene rings is 2. The maximum Gasteiger partial charge on any atom is 0.417 e. The van der Waals surface area contributed by atoms with Crippen LogP contribution >= 0.6 is 0 Å². The minimum absolute atomic E-state index is 0.0359. The molecule has 0 unspecified atom stereocenters. The molecule has 0 saturated carbocycles. The Bertz CT molecular complexity index is 944. The van der Waals surface area contributed by atoms with E-state index in [9.17, 15) is 9.59 Å². The van der Waals surface area contributed by atoms with Crippen LogP contribution < -0.4 is 5.76 Å². The smallest absolute Gasteiger partial charge is 0.408 e. The number of nitrogens with one attached hydrogen (secondary N) is 1. The summed E-state index contributed by atoms with van der Waals surface area (Å²) in [4.78, 5) is 26.1. The van der Waals surface area contributed by atoms with Crippen molar-refractivity contribution in [2.24, 2.45) is 0 Å². The van der Waals surface area contributed by atoms with Crippen LogP contribution in [0, 0.1) is 6.92 Å². The van der Waals surface area contributed by atoms with E-state index in [1.54, 1.807) is 18.2 Å². The highest BCUT2D eigenvalue weighted by molar-refractivity contribution is 6.09. The molecule has 0 spiro atoms. The molecule has 1 aromatic heterocycles. The Morgan fingerprint density at radius 3 is 2.73 bits per heavy atom. The second-order valence-corrected chi connectivity index (χ2v) is 5.23. The first-order valence-corrected chi connectivity index (χ1v) is 6.96. The lowest BCUT2D eigenvalue weighted by Crippen LogP contribution is -1.98. The Balaban J connectivity index is 1.97. The highest BCUT2D eigenvalue weighted by Crippen LogP contribution is 2.20. The molecule has 1 heterocycles. The first kappa shape index (κ1) is 14.1. The molecule has 22 heavy (non-hydrogen) atoms. The summed E-state index contributed by atoms with van der Waals surface area (Å²) >= 11 is 0. The molecule has 2 aromatic carbocycles. The third kappa shape index (κ3) is 2.63. The summed E-state index contributed by atoms with van der Waals surface area (Å²) in [5.74, 6) is -0.518. The van der Waals surface area contributed by atoms with Gasteiger partial charge in [-0.3, -0.25) is 9.78 Å². The quantitative estimate of drug-likeness (QED) is 0.591. The van der Waals surface area contributed by atoms with Crippen LogP contribution in [0.2, 0.25) is 0 Å². The summed E-state index contributed by atoms with van der Waals surface area (Å²) in [5, 5.41) is 0. The molecule has 0 aliphatic carbocycles. The van der Waals surface area contributed by atoms with E-state index in [1.807, 2.05) is 44.2 Å². The number of carbonyl (C=O) groups is 1. The Morgan fingerprint density at radius 2 is 1.95 bits per heavy atom. The van der Waals surface area contributed by atoms with Gasteiger partial charge in [-0.25, -0.2) is 4.79 Å². The van der Waals surface area contributed by atoms with Gasteiger partial charge in [-0.2, -0.15) is 0 Å². The molecule has 110 valence electrons. The van der Waals surface area contributed by atoms with E-state index < -0.39 is 5.76 Å². The molecule has 0 bridgehead atoms. The highest BCUT2D eigenvalue weighted by atomic mass is 16.4. The van der Waals surface area contributed by atoms with E-state index in [1.165, 1.54) is 0 Å². The lowest BCUT2D eigenvalue weighted by molar-refractivity contribution is 0.104. The van der Waals surface area contributed by atoms with Crippen LogP contribution in [0.4, 0.5) is 0 Å². The monoisotopic (exact) mass is 293 g/mol. The molecule has 4 nitrogen and oxygen atoms in total. The van der Waals surface area contributed by atoms with Crippen molar-refractivity contribution in [3.8, 4) is 0 Å². The van der Waals surface area contributed by atoms with Crippen molar-refractivity contribution in [2.75, 3.05) is 0 Å². The van der Waals surface area contributed by atoms with Gasteiger partial charge >= 0.3 is 5.76 Å². The molecule has 0 saturated heterocycles. The number of ketones is 1. The summed E-state index contributed by atoms with van der Waals surface area (Å²) in [6, 6.07) is 12.9. The van der Waals surface area contributed by atoms with Crippen LogP contribution in [0.1, 0.15) is 28.4 Å². The molecule has 3 rings (SSSR count). The van der Waals surface area contributed by atoms with Crippen molar-refractivity contribution in [3.05, 3.63) is 75.8 Å².